The van der Waals surface area contributed by atoms with Crippen LogP contribution in [-0.2, 0) is 0 Å². The highest BCUT2D eigenvalue weighted by atomic mass is 19.0. The van der Waals surface area contributed by atoms with E-state index in [-0.39, 0.29) is 10.9 Å². The van der Waals surface area contributed by atoms with Crippen LogP contribution in [0.1, 0.15) is 52.9 Å². The van der Waals surface area contributed by atoms with E-state index in [1.54, 1.807) is 19.3 Å². The van der Waals surface area contributed by atoms with Crippen molar-refractivity contribution in [3.63, 3.8) is 0 Å². The summed E-state index contributed by atoms with van der Waals surface area (Å²) in [6.45, 7) is 7.64. The van der Waals surface area contributed by atoms with Gasteiger partial charge in [0, 0.05) is 0 Å². The summed E-state index contributed by atoms with van der Waals surface area (Å²) in [5.41, 5.74) is 1.34. The quantitative estimate of drug-likeness (QED) is 0.646. The van der Waals surface area contributed by atoms with Gasteiger partial charge in [-0.2, -0.15) is 0 Å². The van der Waals surface area contributed by atoms with Crippen molar-refractivity contribution >= 4 is 0 Å². The van der Waals surface area contributed by atoms with Crippen molar-refractivity contribution < 1.29 is 4.70 Å². The molecule has 0 spiro atoms. The van der Waals surface area contributed by atoms with Gasteiger partial charge < -0.3 is 6.15 Å². The number of halogens is 1. The van der Waals surface area contributed by atoms with Gasteiger partial charge in [0.1, 0.15) is 0 Å². The molecule has 0 saturated heterocycles. The van der Waals surface area contributed by atoms with Gasteiger partial charge >= 0.3 is 0 Å². The van der Waals surface area contributed by atoms with E-state index in [9.17, 15) is 0 Å². The average Bonchev–Trinajstić information content (AvgIpc) is 1.99. The summed E-state index contributed by atoms with van der Waals surface area (Å²) in [5.74, 6) is 3.27. The lowest BCUT2D eigenvalue weighted by Crippen LogP contribution is -2.56. The minimum absolute atomic E-state index is 0. The number of hydrogen-bond donors (Lipinski definition) is 1. The highest BCUT2D eigenvalue weighted by Gasteiger charge is 2.58. The van der Waals surface area contributed by atoms with Gasteiger partial charge in [0.05, 0.1) is 0 Å². The van der Waals surface area contributed by atoms with Crippen LogP contribution in [0.5, 0.6) is 0 Å². The lowest BCUT2D eigenvalue weighted by Gasteiger charge is -2.65. The molecule has 4 aliphatic rings. The van der Waals surface area contributed by atoms with Gasteiger partial charge in [-0.05, 0) is 60.7 Å². The van der Waals surface area contributed by atoms with E-state index in [2.05, 4.69) is 20.8 Å². The second kappa shape index (κ2) is 3.44. The fourth-order valence-electron chi connectivity index (χ4n) is 4.86. The molecule has 0 amide bonds. The lowest BCUT2D eigenvalue weighted by molar-refractivity contribution is -0.149. The molecule has 0 aromatic rings. The molecule has 3 N–H and O–H groups in total. The van der Waals surface area contributed by atoms with Gasteiger partial charge in [-0.25, -0.2) is 0 Å². The van der Waals surface area contributed by atoms with Crippen LogP contribution in [0.4, 0.5) is 4.70 Å². The molecule has 0 aliphatic heterocycles. The van der Waals surface area contributed by atoms with Gasteiger partial charge in [-0.15, -0.1) is 0 Å². The molecular formula is C13H26FN. The van der Waals surface area contributed by atoms with Crippen LogP contribution in [0.2, 0.25) is 0 Å². The molecule has 4 fully saturated rings. The van der Waals surface area contributed by atoms with Gasteiger partial charge in [0.2, 0.25) is 0 Å². The van der Waals surface area contributed by atoms with Crippen LogP contribution in [0, 0.1) is 28.6 Å². The third kappa shape index (κ3) is 1.44. The number of hydrogen-bond acceptors (Lipinski definition) is 1. The fourth-order valence-corrected chi connectivity index (χ4v) is 4.86. The molecule has 0 aromatic heterocycles. The zero-order valence-corrected chi connectivity index (χ0v) is 10.4. The van der Waals surface area contributed by atoms with E-state index < -0.39 is 0 Å². The lowest BCUT2D eigenvalue weighted by atomic mass is 9.40. The Morgan fingerprint density at radius 2 is 1.33 bits per heavy atom. The molecule has 2 unspecified atom stereocenters. The Balaban J connectivity index is 0.000000562. The van der Waals surface area contributed by atoms with E-state index in [1.165, 1.54) is 12.8 Å². The fraction of sp³-hybridized carbons (Fsp3) is 1.00. The average molecular weight is 215 g/mol. The Hall–Kier alpha value is -0.110. The Bertz CT molecular complexity index is 235. The Labute approximate surface area is 93.0 Å². The molecule has 2 atom stereocenters. The zero-order chi connectivity index (χ0) is 9.27. The topological polar surface area (TPSA) is 35.0 Å². The minimum atomic E-state index is 0. The molecule has 4 bridgehead atoms. The zero-order valence-electron chi connectivity index (χ0n) is 10.4. The second-order valence-corrected chi connectivity index (χ2v) is 6.83. The molecule has 90 valence electrons. The standard InChI is InChI=1S/C13H22.FH.H3N/c1-12(2)11-5-9-4-10(6-11)8-13(12,3)7-9;;/h9-11H,4-8H2,1-3H3;1H;1H3. The number of rotatable bonds is 0. The van der Waals surface area contributed by atoms with Gasteiger partial charge in [0.15, 0.2) is 0 Å². The van der Waals surface area contributed by atoms with E-state index in [1.807, 2.05) is 0 Å². The first-order valence-corrected chi connectivity index (χ1v) is 6.01. The van der Waals surface area contributed by atoms with Crippen molar-refractivity contribution in [1.82, 2.24) is 6.15 Å². The molecule has 2 heteroatoms. The van der Waals surface area contributed by atoms with E-state index in [0.29, 0.717) is 10.8 Å². The summed E-state index contributed by atoms with van der Waals surface area (Å²) >= 11 is 0. The van der Waals surface area contributed by atoms with E-state index in [4.69, 9.17) is 0 Å². The first kappa shape index (κ1) is 13.0. The van der Waals surface area contributed by atoms with Crippen LogP contribution in [0.25, 0.3) is 0 Å². The van der Waals surface area contributed by atoms with Crippen molar-refractivity contribution in [3.05, 3.63) is 0 Å². The van der Waals surface area contributed by atoms with Crippen LogP contribution in [-0.4, -0.2) is 0 Å². The van der Waals surface area contributed by atoms with Gasteiger partial charge in [-0.1, -0.05) is 20.8 Å². The molecule has 1 nitrogen and oxygen atoms in total. The molecule has 0 radical (unpaired) electrons. The van der Waals surface area contributed by atoms with Crippen LogP contribution >= 0.6 is 0 Å². The molecule has 4 rings (SSSR count). The van der Waals surface area contributed by atoms with Crippen molar-refractivity contribution in [2.24, 2.45) is 28.6 Å². The molecular weight excluding hydrogens is 189 g/mol. The SMILES string of the molecule is CC12CC3CC(CC(C3)C1(C)C)C2.F.N. The second-order valence-electron chi connectivity index (χ2n) is 6.83. The van der Waals surface area contributed by atoms with Crippen molar-refractivity contribution in [2.75, 3.05) is 0 Å². The predicted molar refractivity (Wildman–Crippen MR) is 63.0 cm³/mol. The largest absolute Gasteiger partial charge is 0.344 e. The monoisotopic (exact) mass is 215 g/mol. The predicted octanol–water partition coefficient (Wildman–Crippen LogP) is 4.17. The highest BCUT2D eigenvalue weighted by molar-refractivity contribution is 5.08. The molecule has 4 saturated carbocycles. The Morgan fingerprint density at radius 1 is 0.867 bits per heavy atom. The summed E-state index contributed by atoms with van der Waals surface area (Å²) < 4.78 is 0. The summed E-state index contributed by atoms with van der Waals surface area (Å²) in [4.78, 5) is 0. The van der Waals surface area contributed by atoms with Crippen molar-refractivity contribution in [3.8, 4) is 0 Å². The third-order valence-electron chi connectivity index (χ3n) is 5.96. The molecule has 0 aromatic carbocycles. The molecule has 0 heterocycles. The molecule has 4 aliphatic carbocycles. The van der Waals surface area contributed by atoms with Gasteiger partial charge in [-0.3, -0.25) is 4.70 Å². The first-order valence-electron chi connectivity index (χ1n) is 6.01. The normalized spacial score (nSPS) is 49.4. The maximum Gasteiger partial charge on any atom is -0.0267 e. The summed E-state index contributed by atoms with van der Waals surface area (Å²) in [5, 5.41) is 0. The Kier molecular flexibility index (Phi) is 2.97. The maximum atomic E-state index is 2.57. The van der Waals surface area contributed by atoms with Crippen molar-refractivity contribution in [1.29, 1.82) is 0 Å². The smallest absolute Gasteiger partial charge is 0.0267 e. The summed E-state index contributed by atoms with van der Waals surface area (Å²) in [6.07, 6.45) is 7.75. The van der Waals surface area contributed by atoms with Crippen LogP contribution in [0.15, 0.2) is 0 Å². The van der Waals surface area contributed by atoms with E-state index in [0.717, 1.165) is 17.8 Å². The highest BCUT2D eigenvalue weighted by Crippen LogP contribution is 2.67. The van der Waals surface area contributed by atoms with Crippen molar-refractivity contribution in [2.45, 2.75) is 52.9 Å². The molecule has 15 heavy (non-hydrogen) atoms. The minimum Gasteiger partial charge on any atom is -0.344 e. The third-order valence-corrected chi connectivity index (χ3v) is 5.96. The van der Waals surface area contributed by atoms with Crippen LogP contribution < -0.4 is 6.15 Å². The van der Waals surface area contributed by atoms with Crippen LogP contribution in [0.3, 0.4) is 0 Å². The summed E-state index contributed by atoms with van der Waals surface area (Å²) in [7, 11) is 0. The Morgan fingerprint density at radius 3 is 1.73 bits per heavy atom. The summed E-state index contributed by atoms with van der Waals surface area (Å²) in [6, 6.07) is 0. The van der Waals surface area contributed by atoms with E-state index >= 15 is 0 Å². The first-order chi connectivity index (χ1) is 6.01. The maximum absolute atomic E-state index is 2.57. The van der Waals surface area contributed by atoms with Gasteiger partial charge in [0.25, 0.3) is 0 Å².